The summed E-state index contributed by atoms with van der Waals surface area (Å²) in [5.41, 5.74) is 2.05. The number of benzene rings is 1. The van der Waals surface area contributed by atoms with E-state index in [1.165, 1.54) is 0 Å². The van der Waals surface area contributed by atoms with Crippen LogP contribution in [0.25, 0.3) is 21.9 Å². The zero-order chi connectivity index (χ0) is 9.38. The summed E-state index contributed by atoms with van der Waals surface area (Å²) in [6, 6.07) is 5.56. The zero-order valence-corrected chi connectivity index (χ0v) is 6.99. The second-order valence-corrected chi connectivity index (χ2v) is 2.78. The predicted molar refractivity (Wildman–Crippen MR) is 48.2 cm³/mol. The van der Waals surface area contributed by atoms with Crippen LogP contribution in [-0.4, -0.2) is 30.8 Å². The molecule has 0 saturated heterocycles. The van der Waals surface area contributed by atoms with Crippen LogP contribution in [0.15, 0.2) is 24.4 Å². The Balaban J connectivity index is 2.64. The lowest BCUT2D eigenvalue weighted by Crippen LogP contribution is -1.79. The Bertz CT molecular complexity index is 608. The molecule has 0 atom stereocenters. The fourth-order valence-electron chi connectivity index (χ4n) is 1.33. The van der Waals surface area contributed by atoms with Gasteiger partial charge in [0.25, 0.3) is 0 Å². The second kappa shape index (κ2) is 2.63. The molecule has 3 rings (SSSR count). The predicted octanol–water partition coefficient (Wildman–Crippen LogP) is 0.363. The van der Waals surface area contributed by atoms with Gasteiger partial charge in [-0.2, -0.15) is 0 Å². The molecule has 1 aromatic carbocycles. The first-order valence-electron chi connectivity index (χ1n) is 4.01. The van der Waals surface area contributed by atoms with E-state index in [4.69, 9.17) is 0 Å². The third-order valence-electron chi connectivity index (χ3n) is 1.98. The summed E-state index contributed by atoms with van der Waals surface area (Å²) in [7, 11) is 0. The molecular formula is C8H4N6. The summed E-state index contributed by atoms with van der Waals surface area (Å²) in [6.07, 6.45) is 1.59. The van der Waals surface area contributed by atoms with E-state index in [1.54, 1.807) is 6.20 Å². The van der Waals surface area contributed by atoms with Gasteiger partial charge in [-0.25, -0.2) is 0 Å². The van der Waals surface area contributed by atoms with Gasteiger partial charge in [-0.15, -0.1) is 20.4 Å². The molecule has 0 spiro atoms. The van der Waals surface area contributed by atoms with E-state index >= 15 is 0 Å². The second-order valence-electron chi connectivity index (χ2n) is 2.78. The van der Waals surface area contributed by atoms with E-state index in [-0.39, 0.29) is 0 Å². The molecule has 14 heavy (non-hydrogen) atoms. The highest BCUT2D eigenvalue weighted by atomic mass is 15.3. The van der Waals surface area contributed by atoms with Gasteiger partial charge in [0, 0.05) is 5.39 Å². The molecule has 6 heteroatoms. The van der Waals surface area contributed by atoms with Crippen LogP contribution >= 0.6 is 0 Å². The molecule has 0 bridgehead atoms. The van der Waals surface area contributed by atoms with Crippen LogP contribution < -0.4 is 0 Å². The van der Waals surface area contributed by atoms with E-state index in [9.17, 15) is 0 Å². The van der Waals surface area contributed by atoms with E-state index in [2.05, 4.69) is 30.8 Å². The fraction of sp³-hybridized carbons (Fsp3) is 0. The van der Waals surface area contributed by atoms with Crippen LogP contribution in [0.1, 0.15) is 0 Å². The van der Waals surface area contributed by atoms with E-state index < -0.39 is 0 Å². The van der Waals surface area contributed by atoms with Crippen molar-refractivity contribution in [2.45, 2.75) is 0 Å². The van der Waals surface area contributed by atoms with Crippen LogP contribution in [0.4, 0.5) is 0 Å². The van der Waals surface area contributed by atoms with Crippen LogP contribution in [0.5, 0.6) is 0 Å². The molecule has 0 aliphatic carbocycles. The van der Waals surface area contributed by atoms with Crippen molar-refractivity contribution in [1.29, 1.82) is 0 Å². The van der Waals surface area contributed by atoms with Crippen LogP contribution in [-0.2, 0) is 0 Å². The Hall–Kier alpha value is -2.24. The Kier molecular flexibility index (Phi) is 1.35. The molecule has 0 saturated carbocycles. The van der Waals surface area contributed by atoms with E-state index in [1.807, 2.05) is 18.2 Å². The van der Waals surface area contributed by atoms with Crippen molar-refractivity contribution in [3.63, 3.8) is 0 Å². The highest BCUT2D eigenvalue weighted by molar-refractivity contribution is 6.00. The molecule has 0 N–H and O–H groups in total. The van der Waals surface area contributed by atoms with Crippen molar-refractivity contribution < 1.29 is 0 Å². The molecule has 0 amide bonds. The molecule has 0 aliphatic heterocycles. The summed E-state index contributed by atoms with van der Waals surface area (Å²) < 4.78 is 0. The summed E-state index contributed by atoms with van der Waals surface area (Å²) in [4.78, 5) is 0. The van der Waals surface area contributed by atoms with Crippen molar-refractivity contribution in [2.24, 2.45) is 0 Å². The maximum Gasteiger partial charge on any atom is 0.143 e. The van der Waals surface area contributed by atoms with Gasteiger partial charge < -0.3 is 0 Å². The van der Waals surface area contributed by atoms with Gasteiger partial charge in [0.05, 0.1) is 6.20 Å². The Morgan fingerprint density at radius 1 is 0.786 bits per heavy atom. The van der Waals surface area contributed by atoms with E-state index in [0.717, 1.165) is 10.9 Å². The van der Waals surface area contributed by atoms with Gasteiger partial charge in [-0.3, -0.25) is 0 Å². The topological polar surface area (TPSA) is 77.3 Å². The normalized spacial score (nSPS) is 10.9. The van der Waals surface area contributed by atoms with Gasteiger partial charge in [-0.1, -0.05) is 6.07 Å². The number of aromatic nitrogens is 6. The average Bonchev–Trinajstić information content (AvgIpc) is 2.55. The summed E-state index contributed by atoms with van der Waals surface area (Å²) in [5.74, 6) is 0. The zero-order valence-electron chi connectivity index (χ0n) is 6.99. The number of nitrogens with zero attached hydrogens (tertiary/aromatic N) is 6. The van der Waals surface area contributed by atoms with Gasteiger partial charge in [-0.05, 0) is 22.6 Å². The van der Waals surface area contributed by atoms with Gasteiger partial charge in [0.2, 0.25) is 0 Å². The highest BCUT2D eigenvalue weighted by Crippen LogP contribution is 2.17. The van der Waals surface area contributed by atoms with Crippen LogP contribution in [0.3, 0.4) is 0 Å². The molecule has 3 aromatic rings. The van der Waals surface area contributed by atoms with Crippen LogP contribution in [0, 0.1) is 0 Å². The molecule has 0 unspecified atom stereocenters. The summed E-state index contributed by atoms with van der Waals surface area (Å²) in [6.45, 7) is 0. The number of hydrogen-bond acceptors (Lipinski definition) is 6. The van der Waals surface area contributed by atoms with Gasteiger partial charge in [0.15, 0.2) is 0 Å². The Labute approximate surface area is 78.0 Å². The monoisotopic (exact) mass is 184 g/mol. The first-order chi connectivity index (χ1) is 6.95. The van der Waals surface area contributed by atoms with E-state index in [0.29, 0.717) is 11.0 Å². The van der Waals surface area contributed by atoms with Crippen LogP contribution in [0.2, 0.25) is 0 Å². The standard InChI is InChI=1S/C8H4N6/c1-2-6-8(12-14-10-6)7-5(1)3-4-9-13-11-7/h1-4H. The molecule has 6 nitrogen and oxygen atoms in total. The van der Waals surface area contributed by atoms with Crippen molar-refractivity contribution in [3.8, 4) is 0 Å². The minimum atomic E-state index is 0.660. The minimum Gasteiger partial charge on any atom is -0.139 e. The lowest BCUT2D eigenvalue weighted by Gasteiger charge is -1.88. The Morgan fingerprint density at radius 2 is 1.71 bits per heavy atom. The first-order valence-corrected chi connectivity index (χ1v) is 4.01. The molecule has 2 heterocycles. The number of fused-ring (bicyclic) bond motifs is 3. The molecule has 0 radical (unpaired) electrons. The van der Waals surface area contributed by atoms with Gasteiger partial charge >= 0.3 is 0 Å². The maximum atomic E-state index is 3.94. The molecule has 66 valence electrons. The quantitative estimate of drug-likeness (QED) is 0.502. The fourth-order valence-corrected chi connectivity index (χ4v) is 1.33. The average molecular weight is 184 g/mol. The Morgan fingerprint density at radius 3 is 2.71 bits per heavy atom. The SMILES string of the molecule is c1cc2ccc3nnnc3c2nnn1. The molecule has 2 aromatic heterocycles. The largest absolute Gasteiger partial charge is 0.143 e. The lowest BCUT2D eigenvalue weighted by molar-refractivity contribution is 0.908. The molecule has 0 fully saturated rings. The van der Waals surface area contributed by atoms with Crippen molar-refractivity contribution in [1.82, 2.24) is 30.8 Å². The number of hydrogen-bond donors (Lipinski definition) is 0. The minimum absolute atomic E-state index is 0.660. The summed E-state index contributed by atoms with van der Waals surface area (Å²) >= 11 is 0. The van der Waals surface area contributed by atoms with Crippen molar-refractivity contribution >= 4 is 21.9 Å². The van der Waals surface area contributed by atoms with Crippen molar-refractivity contribution in [3.05, 3.63) is 24.4 Å². The lowest BCUT2D eigenvalue weighted by atomic mass is 10.2. The molecule has 0 aliphatic rings. The first kappa shape index (κ1) is 7.19. The summed E-state index contributed by atoms with van der Waals surface area (Å²) in [5, 5.41) is 23.5. The third kappa shape index (κ3) is 0.905. The third-order valence-corrected chi connectivity index (χ3v) is 1.98. The maximum absolute atomic E-state index is 3.94. The molecular weight excluding hydrogens is 180 g/mol. The highest BCUT2D eigenvalue weighted by Gasteiger charge is 2.04. The van der Waals surface area contributed by atoms with Crippen molar-refractivity contribution in [2.75, 3.05) is 0 Å². The van der Waals surface area contributed by atoms with Gasteiger partial charge in [0.1, 0.15) is 16.6 Å². The smallest absolute Gasteiger partial charge is 0.139 e. The number of rotatable bonds is 0.